The normalized spacial score (nSPS) is 15.4. The molecule has 3 aromatic rings. The fourth-order valence-electron chi connectivity index (χ4n) is 3.64. The van der Waals surface area contributed by atoms with Gasteiger partial charge in [-0.05, 0) is 82.5 Å². The molecule has 1 atom stereocenters. The number of benzene rings is 2. The highest BCUT2D eigenvalue weighted by Gasteiger charge is 2.24. The van der Waals surface area contributed by atoms with Gasteiger partial charge in [-0.25, -0.2) is 4.79 Å². The summed E-state index contributed by atoms with van der Waals surface area (Å²) in [6, 6.07) is 17.1. The van der Waals surface area contributed by atoms with Gasteiger partial charge in [0, 0.05) is 28.1 Å². The zero-order valence-corrected chi connectivity index (χ0v) is 19.7. The number of nitrogens with zero attached hydrogens (tertiary/aromatic N) is 1. The van der Waals surface area contributed by atoms with Gasteiger partial charge in [-0.3, -0.25) is 4.79 Å². The Morgan fingerprint density at radius 2 is 1.94 bits per heavy atom. The topological polar surface area (TPSA) is 90.9 Å². The lowest BCUT2D eigenvalue weighted by molar-refractivity contribution is 0.103. The first kappa shape index (κ1) is 22.2. The van der Waals surface area contributed by atoms with Gasteiger partial charge in [0.05, 0.1) is 23.7 Å². The van der Waals surface area contributed by atoms with E-state index in [1.165, 1.54) is 11.3 Å². The zero-order chi connectivity index (χ0) is 22.7. The highest BCUT2D eigenvalue weighted by Crippen LogP contribution is 2.32. The summed E-state index contributed by atoms with van der Waals surface area (Å²) in [5.74, 6) is 0.620. The fourth-order valence-corrected chi connectivity index (χ4v) is 5.02. The Morgan fingerprint density at radius 1 is 1.16 bits per heavy atom. The van der Waals surface area contributed by atoms with Crippen molar-refractivity contribution in [1.82, 2.24) is 5.32 Å². The van der Waals surface area contributed by atoms with Crippen LogP contribution in [0.4, 0.5) is 16.2 Å². The first-order valence-electron chi connectivity index (χ1n) is 10.0. The van der Waals surface area contributed by atoms with E-state index in [4.69, 9.17) is 9.84 Å². The van der Waals surface area contributed by atoms with Crippen molar-refractivity contribution in [3.8, 4) is 16.2 Å². The molecule has 0 radical (unpaired) electrons. The van der Waals surface area contributed by atoms with E-state index in [1.54, 1.807) is 7.11 Å². The Hall–Kier alpha value is -3.04. The summed E-state index contributed by atoms with van der Waals surface area (Å²) in [5, 5.41) is 14.4. The maximum atomic E-state index is 12.8. The molecule has 3 N–H and O–H groups in total. The van der Waals surface area contributed by atoms with Gasteiger partial charge < -0.3 is 25.4 Å². The van der Waals surface area contributed by atoms with E-state index in [0.29, 0.717) is 17.1 Å². The van der Waals surface area contributed by atoms with Crippen LogP contribution < -0.4 is 20.3 Å². The van der Waals surface area contributed by atoms with E-state index in [9.17, 15) is 9.59 Å². The van der Waals surface area contributed by atoms with Crippen LogP contribution in [0.5, 0.6) is 5.75 Å². The minimum Gasteiger partial charge on any atom is -0.497 e. The minimum atomic E-state index is -1.00. The number of carbonyl (C=O) groups is 2. The molecule has 1 fully saturated rings. The molecule has 2 aromatic carbocycles. The van der Waals surface area contributed by atoms with Gasteiger partial charge in [0.25, 0.3) is 5.91 Å². The standard InChI is InChI=1S/C23H22BrN3O4S/c1-31-17-5-2-14(3-6-17)20-8-9-21(32-20)22(28)26-19-7-4-16(12-18(19)24)27-11-10-15(13-27)25-23(29)30/h2-9,12,15,25H,10-11,13H2,1H3,(H,26,28)(H,29,30). The number of methoxy groups -OCH3 is 1. The van der Waals surface area contributed by atoms with Crippen molar-refractivity contribution in [1.29, 1.82) is 0 Å². The van der Waals surface area contributed by atoms with E-state index in [0.717, 1.165) is 39.3 Å². The maximum absolute atomic E-state index is 12.8. The maximum Gasteiger partial charge on any atom is 0.404 e. The summed E-state index contributed by atoms with van der Waals surface area (Å²) in [4.78, 5) is 27.4. The molecule has 1 unspecified atom stereocenters. The molecule has 4 rings (SSSR count). The second-order valence-corrected chi connectivity index (χ2v) is 9.33. The Morgan fingerprint density at radius 3 is 2.62 bits per heavy atom. The highest BCUT2D eigenvalue weighted by atomic mass is 79.9. The highest BCUT2D eigenvalue weighted by molar-refractivity contribution is 9.10. The molecular weight excluding hydrogens is 494 g/mol. The lowest BCUT2D eigenvalue weighted by Gasteiger charge is -2.20. The minimum absolute atomic E-state index is 0.0793. The number of halogens is 1. The van der Waals surface area contributed by atoms with Gasteiger partial charge in [0.15, 0.2) is 0 Å². The molecule has 1 aliphatic heterocycles. The van der Waals surface area contributed by atoms with Crippen molar-refractivity contribution < 1.29 is 19.4 Å². The summed E-state index contributed by atoms with van der Waals surface area (Å²) in [7, 11) is 1.63. The van der Waals surface area contributed by atoms with Gasteiger partial charge in [-0.1, -0.05) is 0 Å². The van der Waals surface area contributed by atoms with Crippen LogP contribution in [0.3, 0.4) is 0 Å². The van der Waals surface area contributed by atoms with Gasteiger partial charge in [0.2, 0.25) is 0 Å². The zero-order valence-electron chi connectivity index (χ0n) is 17.3. The van der Waals surface area contributed by atoms with Gasteiger partial charge in [0.1, 0.15) is 5.75 Å². The van der Waals surface area contributed by atoms with Crippen molar-refractivity contribution in [3.63, 3.8) is 0 Å². The van der Waals surface area contributed by atoms with Crippen molar-refractivity contribution in [2.24, 2.45) is 0 Å². The number of anilines is 2. The largest absolute Gasteiger partial charge is 0.497 e. The van der Waals surface area contributed by atoms with Crippen LogP contribution in [-0.2, 0) is 0 Å². The summed E-state index contributed by atoms with van der Waals surface area (Å²) >= 11 is 4.98. The molecule has 1 aromatic heterocycles. The van der Waals surface area contributed by atoms with Crippen LogP contribution in [0.25, 0.3) is 10.4 Å². The monoisotopic (exact) mass is 515 g/mol. The summed E-state index contributed by atoms with van der Waals surface area (Å²) in [6.07, 6.45) is -0.239. The lowest BCUT2D eigenvalue weighted by Crippen LogP contribution is -2.36. The van der Waals surface area contributed by atoms with Crippen molar-refractivity contribution in [3.05, 3.63) is 63.9 Å². The molecule has 0 bridgehead atoms. The molecule has 7 nitrogen and oxygen atoms in total. The Bertz CT molecular complexity index is 1130. The SMILES string of the molecule is COc1ccc(-c2ccc(C(=O)Nc3ccc(N4CCC(NC(=O)O)C4)cc3Br)s2)cc1. The van der Waals surface area contributed by atoms with E-state index in [-0.39, 0.29) is 11.9 Å². The molecule has 0 saturated carbocycles. The third kappa shape index (κ3) is 5.05. The molecule has 2 amide bonds. The molecule has 0 aliphatic carbocycles. The average Bonchev–Trinajstić information content (AvgIpc) is 3.45. The number of ether oxygens (including phenoxy) is 1. The predicted octanol–water partition coefficient (Wildman–Crippen LogP) is 5.28. The molecule has 0 spiro atoms. The molecule has 1 aliphatic rings. The Labute approximate surface area is 198 Å². The summed E-state index contributed by atoms with van der Waals surface area (Å²) in [5.41, 5.74) is 2.68. The van der Waals surface area contributed by atoms with E-state index in [2.05, 4.69) is 31.5 Å². The first-order valence-corrected chi connectivity index (χ1v) is 11.6. The number of hydrogen-bond acceptors (Lipinski definition) is 5. The molecule has 1 saturated heterocycles. The molecule has 9 heteroatoms. The van der Waals surface area contributed by atoms with E-state index < -0.39 is 6.09 Å². The predicted molar refractivity (Wildman–Crippen MR) is 130 cm³/mol. The second-order valence-electron chi connectivity index (χ2n) is 7.39. The third-order valence-corrected chi connectivity index (χ3v) is 7.08. The van der Waals surface area contributed by atoms with Gasteiger partial charge in [-0.15, -0.1) is 11.3 Å². The Kier molecular flexibility index (Phi) is 6.66. The van der Waals surface area contributed by atoms with Crippen LogP contribution in [0, 0.1) is 0 Å². The fraction of sp³-hybridized carbons (Fsp3) is 0.217. The number of nitrogens with one attached hydrogen (secondary N) is 2. The number of thiophene rings is 1. The van der Waals surface area contributed by atoms with Crippen LogP contribution in [0.1, 0.15) is 16.1 Å². The first-order chi connectivity index (χ1) is 15.4. The van der Waals surface area contributed by atoms with Gasteiger partial charge >= 0.3 is 6.09 Å². The molecule has 32 heavy (non-hydrogen) atoms. The summed E-state index contributed by atoms with van der Waals surface area (Å²) < 4.78 is 5.96. The number of hydrogen-bond donors (Lipinski definition) is 3. The number of amides is 2. The van der Waals surface area contributed by atoms with Crippen molar-refractivity contribution in [2.45, 2.75) is 12.5 Å². The van der Waals surface area contributed by atoms with Crippen molar-refractivity contribution >= 4 is 50.6 Å². The molecular formula is C23H22BrN3O4S. The summed E-state index contributed by atoms with van der Waals surface area (Å²) in [6.45, 7) is 1.39. The van der Waals surface area contributed by atoms with E-state index in [1.807, 2.05) is 54.6 Å². The quantitative estimate of drug-likeness (QED) is 0.415. The second kappa shape index (κ2) is 9.62. The smallest absolute Gasteiger partial charge is 0.404 e. The van der Waals surface area contributed by atoms with Crippen LogP contribution >= 0.6 is 27.3 Å². The van der Waals surface area contributed by atoms with Crippen LogP contribution in [-0.4, -0.2) is 43.3 Å². The Balaban J connectivity index is 1.41. The average molecular weight is 516 g/mol. The number of rotatable bonds is 6. The molecule has 2 heterocycles. The number of carboxylic acid groups (broad SMARTS) is 1. The van der Waals surface area contributed by atoms with Crippen LogP contribution in [0.2, 0.25) is 0 Å². The number of carbonyl (C=O) groups excluding carboxylic acids is 1. The molecule has 166 valence electrons. The van der Waals surface area contributed by atoms with Crippen molar-refractivity contribution in [2.75, 3.05) is 30.4 Å². The third-order valence-electron chi connectivity index (χ3n) is 5.29. The van der Waals surface area contributed by atoms with E-state index >= 15 is 0 Å². The van der Waals surface area contributed by atoms with Gasteiger partial charge in [-0.2, -0.15) is 0 Å². The van der Waals surface area contributed by atoms with Crippen LogP contribution in [0.15, 0.2) is 59.1 Å². The lowest BCUT2D eigenvalue weighted by atomic mass is 10.2.